The number of rotatable bonds is 4. The Morgan fingerprint density at radius 1 is 0.938 bits per heavy atom. The van der Waals surface area contributed by atoms with Gasteiger partial charge in [-0.1, -0.05) is 18.9 Å². The Labute approximate surface area is 187 Å². The molecule has 1 aliphatic carbocycles. The van der Waals surface area contributed by atoms with E-state index in [1.165, 1.54) is 0 Å². The van der Waals surface area contributed by atoms with Crippen molar-refractivity contribution in [2.45, 2.75) is 57.8 Å². The summed E-state index contributed by atoms with van der Waals surface area (Å²) in [4.78, 5) is 48.2. The van der Waals surface area contributed by atoms with Crippen LogP contribution in [0.3, 0.4) is 0 Å². The Balaban J connectivity index is 1.36. The van der Waals surface area contributed by atoms with E-state index in [4.69, 9.17) is 0 Å². The molecule has 0 saturated heterocycles. The van der Waals surface area contributed by atoms with Crippen LogP contribution in [-0.4, -0.2) is 51.7 Å². The van der Waals surface area contributed by atoms with Crippen molar-refractivity contribution < 1.29 is 14.4 Å². The standard InChI is InChI=1S/C23H28N6O3/c1-14-7-8-20(25-10-14)28-23(32)22(31)27-18-6-4-3-5-17(18)26-21(30)19-9-15-12-29(2)13-16(15)11-24-19/h7-11,17-18H,3-6,12-13H2,1-2H3,(H,26,30)(H,27,31)(H,25,28,32)/t17-,18+/m1/s1. The van der Waals surface area contributed by atoms with Crippen LogP contribution in [0, 0.1) is 6.92 Å². The topological polar surface area (TPSA) is 116 Å². The lowest BCUT2D eigenvalue weighted by molar-refractivity contribution is -0.136. The SMILES string of the molecule is Cc1ccc(NC(=O)C(=O)N[C@H]2CCCC[C@H]2NC(=O)c2cc3c(cn2)CN(C)C3)nc1. The van der Waals surface area contributed by atoms with E-state index in [-0.39, 0.29) is 18.0 Å². The molecule has 9 heteroatoms. The van der Waals surface area contributed by atoms with E-state index in [1.54, 1.807) is 24.5 Å². The van der Waals surface area contributed by atoms with Crippen LogP contribution in [-0.2, 0) is 22.7 Å². The third-order valence-electron chi connectivity index (χ3n) is 5.95. The summed E-state index contributed by atoms with van der Waals surface area (Å²) in [5.74, 6) is -1.46. The smallest absolute Gasteiger partial charge is 0.314 e. The number of aryl methyl sites for hydroxylation is 1. The number of anilines is 1. The maximum Gasteiger partial charge on any atom is 0.314 e. The Bertz CT molecular complexity index is 1020. The van der Waals surface area contributed by atoms with Crippen LogP contribution in [0.25, 0.3) is 0 Å². The molecule has 0 aromatic carbocycles. The minimum absolute atomic E-state index is 0.261. The summed E-state index contributed by atoms with van der Waals surface area (Å²) in [7, 11) is 2.03. The highest BCUT2D eigenvalue weighted by molar-refractivity contribution is 6.39. The molecule has 168 valence electrons. The van der Waals surface area contributed by atoms with Gasteiger partial charge in [0.25, 0.3) is 5.91 Å². The Hall–Kier alpha value is -3.33. The second-order valence-electron chi connectivity index (χ2n) is 8.63. The van der Waals surface area contributed by atoms with E-state index in [2.05, 4.69) is 30.8 Å². The van der Waals surface area contributed by atoms with E-state index >= 15 is 0 Å². The van der Waals surface area contributed by atoms with Crippen molar-refractivity contribution in [1.29, 1.82) is 0 Å². The molecule has 32 heavy (non-hydrogen) atoms. The molecule has 2 atom stereocenters. The summed E-state index contributed by atoms with van der Waals surface area (Å²) in [5.41, 5.74) is 3.58. The summed E-state index contributed by atoms with van der Waals surface area (Å²) in [6.07, 6.45) is 6.66. The molecule has 0 radical (unpaired) electrons. The fraction of sp³-hybridized carbons (Fsp3) is 0.435. The highest BCUT2D eigenvalue weighted by atomic mass is 16.2. The molecule has 1 fully saturated rings. The van der Waals surface area contributed by atoms with E-state index in [0.717, 1.165) is 49.0 Å². The van der Waals surface area contributed by atoms with Gasteiger partial charge >= 0.3 is 11.8 Å². The first kappa shape index (κ1) is 21.9. The van der Waals surface area contributed by atoms with Gasteiger partial charge in [-0.25, -0.2) is 4.98 Å². The van der Waals surface area contributed by atoms with Gasteiger partial charge < -0.3 is 16.0 Å². The summed E-state index contributed by atoms with van der Waals surface area (Å²) >= 11 is 0. The molecular formula is C23H28N6O3. The van der Waals surface area contributed by atoms with Crippen LogP contribution in [0.5, 0.6) is 0 Å². The number of pyridine rings is 2. The second kappa shape index (κ2) is 9.44. The van der Waals surface area contributed by atoms with E-state index in [9.17, 15) is 14.4 Å². The summed E-state index contributed by atoms with van der Waals surface area (Å²) in [5, 5.41) is 8.30. The second-order valence-corrected chi connectivity index (χ2v) is 8.63. The van der Waals surface area contributed by atoms with E-state index < -0.39 is 11.8 Å². The summed E-state index contributed by atoms with van der Waals surface area (Å²) in [6, 6.07) is 4.71. The molecule has 0 bridgehead atoms. The molecule has 0 spiro atoms. The van der Waals surface area contributed by atoms with Crippen molar-refractivity contribution >= 4 is 23.5 Å². The molecule has 3 heterocycles. The van der Waals surface area contributed by atoms with Crippen molar-refractivity contribution in [3.63, 3.8) is 0 Å². The monoisotopic (exact) mass is 436 g/mol. The highest BCUT2D eigenvalue weighted by Crippen LogP contribution is 2.22. The predicted molar refractivity (Wildman–Crippen MR) is 119 cm³/mol. The van der Waals surface area contributed by atoms with Crippen molar-refractivity contribution in [1.82, 2.24) is 25.5 Å². The summed E-state index contributed by atoms with van der Waals surface area (Å²) in [6.45, 7) is 3.52. The van der Waals surface area contributed by atoms with Crippen molar-refractivity contribution in [3.8, 4) is 0 Å². The van der Waals surface area contributed by atoms with Crippen LogP contribution in [0.4, 0.5) is 5.82 Å². The lowest BCUT2D eigenvalue weighted by Crippen LogP contribution is -2.55. The van der Waals surface area contributed by atoms with Crippen LogP contribution >= 0.6 is 0 Å². The van der Waals surface area contributed by atoms with Gasteiger partial charge in [-0.05, 0) is 55.6 Å². The van der Waals surface area contributed by atoms with Gasteiger partial charge in [0.05, 0.1) is 0 Å². The maximum absolute atomic E-state index is 12.8. The molecule has 1 aliphatic heterocycles. The van der Waals surface area contributed by atoms with E-state index in [1.807, 2.05) is 20.0 Å². The summed E-state index contributed by atoms with van der Waals surface area (Å²) < 4.78 is 0. The number of amides is 3. The van der Waals surface area contributed by atoms with Crippen molar-refractivity contribution in [2.24, 2.45) is 0 Å². The zero-order valence-corrected chi connectivity index (χ0v) is 18.4. The van der Waals surface area contributed by atoms with Crippen LogP contribution in [0.2, 0.25) is 0 Å². The number of fused-ring (bicyclic) bond motifs is 1. The third-order valence-corrected chi connectivity index (χ3v) is 5.95. The van der Waals surface area contributed by atoms with Gasteiger partial charge in [0.1, 0.15) is 11.5 Å². The number of aromatic nitrogens is 2. The fourth-order valence-electron chi connectivity index (χ4n) is 4.24. The molecule has 1 saturated carbocycles. The molecule has 4 rings (SSSR count). The van der Waals surface area contributed by atoms with Gasteiger partial charge in [0.2, 0.25) is 0 Å². The Kier molecular flexibility index (Phi) is 6.45. The van der Waals surface area contributed by atoms with Gasteiger partial charge in [-0.3, -0.25) is 24.3 Å². The predicted octanol–water partition coefficient (Wildman–Crippen LogP) is 1.53. The highest BCUT2D eigenvalue weighted by Gasteiger charge is 2.30. The van der Waals surface area contributed by atoms with Gasteiger partial charge in [0.15, 0.2) is 0 Å². The lowest BCUT2D eigenvalue weighted by atomic mass is 9.90. The number of carbonyl (C=O) groups is 3. The fourth-order valence-corrected chi connectivity index (χ4v) is 4.24. The quantitative estimate of drug-likeness (QED) is 0.626. The Morgan fingerprint density at radius 2 is 1.66 bits per heavy atom. The number of carbonyl (C=O) groups excluding carboxylic acids is 3. The normalized spacial score (nSPS) is 20.3. The van der Waals surface area contributed by atoms with Gasteiger partial charge in [-0.15, -0.1) is 0 Å². The molecule has 3 amide bonds. The van der Waals surface area contributed by atoms with Crippen molar-refractivity contribution in [2.75, 3.05) is 12.4 Å². The number of hydrogen-bond donors (Lipinski definition) is 3. The zero-order chi connectivity index (χ0) is 22.7. The van der Waals surface area contributed by atoms with Crippen LogP contribution in [0.15, 0.2) is 30.6 Å². The average molecular weight is 437 g/mol. The number of nitrogens with one attached hydrogen (secondary N) is 3. The van der Waals surface area contributed by atoms with Gasteiger partial charge in [-0.2, -0.15) is 0 Å². The zero-order valence-electron chi connectivity index (χ0n) is 18.4. The maximum atomic E-state index is 12.8. The molecule has 3 N–H and O–H groups in total. The number of nitrogens with zero attached hydrogens (tertiary/aromatic N) is 3. The first-order valence-corrected chi connectivity index (χ1v) is 10.9. The lowest BCUT2D eigenvalue weighted by Gasteiger charge is -2.32. The minimum Gasteiger partial charge on any atom is -0.346 e. The first-order valence-electron chi connectivity index (χ1n) is 10.9. The van der Waals surface area contributed by atoms with Crippen molar-refractivity contribution in [3.05, 3.63) is 53.0 Å². The average Bonchev–Trinajstić information content (AvgIpc) is 3.15. The molecular weight excluding hydrogens is 408 g/mol. The van der Waals surface area contributed by atoms with Gasteiger partial charge in [0, 0.05) is 37.6 Å². The largest absolute Gasteiger partial charge is 0.346 e. The third kappa shape index (κ3) is 5.11. The molecule has 2 aromatic rings. The molecule has 0 unspecified atom stereocenters. The van der Waals surface area contributed by atoms with E-state index in [0.29, 0.717) is 17.9 Å². The molecule has 9 nitrogen and oxygen atoms in total. The molecule has 2 aromatic heterocycles. The number of hydrogen-bond acceptors (Lipinski definition) is 6. The van der Waals surface area contributed by atoms with Crippen LogP contribution in [0.1, 0.15) is 52.9 Å². The minimum atomic E-state index is -0.776. The Morgan fingerprint density at radius 3 is 2.38 bits per heavy atom. The molecule has 2 aliphatic rings. The first-order chi connectivity index (χ1) is 15.4. The van der Waals surface area contributed by atoms with Crippen LogP contribution < -0.4 is 16.0 Å².